The number of aromatic nitrogens is 2. The van der Waals surface area contributed by atoms with Crippen LogP contribution < -0.4 is 10.2 Å². The van der Waals surface area contributed by atoms with E-state index in [1.54, 1.807) is 6.20 Å². The van der Waals surface area contributed by atoms with E-state index >= 15 is 0 Å². The van der Waals surface area contributed by atoms with Crippen LogP contribution in [0.2, 0.25) is 0 Å². The molecule has 2 aromatic heterocycles. The molecule has 4 rings (SSSR count). The predicted octanol–water partition coefficient (Wildman–Crippen LogP) is 1.49. The van der Waals surface area contributed by atoms with E-state index in [1.807, 2.05) is 18.3 Å². The van der Waals surface area contributed by atoms with Crippen molar-refractivity contribution in [2.75, 3.05) is 11.4 Å². The molecule has 2 fully saturated rings. The molecule has 5 nitrogen and oxygen atoms in total. The fourth-order valence-electron chi connectivity index (χ4n) is 3.42. The number of anilines is 1. The Morgan fingerprint density at radius 3 is 3.00 bits per heavy atom. The van der Waals surface area contributed by atoms with Crippen LogP contribution in [0.5, 0.6) is 0 Å². The third kappa shape index (κ3) is 1.73. The maximum Gasteiger partial charge on any atom is 0.222 e. The second-order valence-electron chi connectivity index (χ2n) is 5.51. The topological polar surface area (TPSA) is 58.1 Å². The van der Waals surface area contributed by atoms with Crippen molar-refractivity contribution in [2.24, 2.45) is 0 Å². The number of nitrogens with one attached hydrogen (secondary N) is 1. The number of carbonyl (C=O) groups excluding carboxylic acids is 1. The molecule has 0 unspecified atom stereocenters. The van der Waals surface area contributed by atoms with E-state index in [0.717, 1.165) is 29.6 Å². The van der Waals surface area contributed by atoms with Crippen LogP contribution in [-0.4, -0.2) is 34.5 Å². The molecule has 0 saturated carbocycles. The van der Waals surface area contributed by atoms with Gasteiger partial charge in [0.15, 0.2) is 0 Å². The highest BCUT2D eigenvalue weighted by Gasteiger charge is 2.38. The van der Waals surface area contributed by atoms with E-state index in [0.29, 0.717) is 19.0 Å². The van der Waals surface area contributed by atoms with Crippen molar-refractivity contribution in [1.29, 1.82) is 0 Å². The molecule has 102 valence electrons. The first-order valence-electron chi connectivity index (χ1n) is 7.08. The van der Waals surface area contributed by atoms with Crippen molar-refractivity contribution in [2.45, 2.75) is 31.3 Å². The molecule has 2 atom stereocenters. The maximum atomic E-state index is 11.7. The average molecular weight is 268 g/mol. The van der Waals surface area contributed by atoms with Crippen LogP contribution in [0.25, 0.3) is 10.9 Å². The minimum Gasteiger partial charge on any atom is -0.354 e. The van der Waals surface area contributed by atoms with Crippen LogP contribution in [0.15, 0.2) is 30.6 Å². The lowest BCUT2D eigenvalue weighted by Gasteiger charge is -2.29. The van der Waals surface area contributed by atoms with E-state index in [4.69, 9.17) is 0 Å². The summed E-state index contributed by atoms with van der Waals surface area (Å²) in [5.74, 6) is 1.13. The molecule has 2 aromatic rings. The lowest BCUT2D eigenvalue weighted by molar-refractivity contribution is -0.121. The smallest absolute Gasteiger partial charge is 0.222 e. The molecule has 2 aliphatic heterocycles. The Bertz CT molecular complexity index is 666. The zero-order valence-corrected chi connectivity index (χ0v) is 11.1. The maximum absolute atomic E-state index is 11.7. The number of hydrogen-bond donors (Lipinski definition) is 1. The fraction of sp³-hybridized carbons (Fsp3) is 0.400. The number of rotatable bonds is 1. The van der Waals surface area contributed by atoms with Crippen LogP contribution >= 0.6 is 0 Å². The van der Waals surface area contributed by atoms with Crippen molar-refractivity contribution in [1.82, 2.24) is 15.3 Å². The molecular weight excluding hydrogens is 252 g/mol. The summed E-state index contributed by atoms with van der Waals surface area (Å²) >= 11 is 0. The zero-order valence-electron chi connectivity index (χ0n) is 11.1. The summed E-state index contributed by atoms with van der Waals surface area (Å²) in [6.45, 7) is 0.716. The van der Waals surface area contributed by atoms with Gasteiger partial charge in [-0.15, -0.1) is 0 Å². The number of pyridine rings is 2. The summed E-state index contributed by atoms with van der Waals surface area (Å²) < 4.78 is 0. The van der Waals surface area contributed by atoms with E-state index in [2.05, 4.69) is 26.3 Å². The Kier molecular flexibility index (Phi) is 2.58. The van der Waals surface area contributed by atoms with Gasteiger partial charge in [0, 0.05) is 42.8 Å². The van der Waals surface area contributed by atoms with Gasteiger partial charge >= 0.3 is 0 Å². The lowest BCUT2D eigenvalue weighted by atomic mass is 10.1. The SMILES string of the molecule is O=C1C[C@@H]2CC[C@H](CN1)N2c1nccc2ncccc12. The van der Waals surface area contributed by atoms with Gasteiger partial charge in [0.25, 0.3) is 0 Å². The summed E-state index contributed by atoms with van der Waals surface area (Å²) in [5, 5.41) is 4.07. The van der Waals surface area contributed by atoms with Gasteiger partial charge in [-0.05, 0) is 31.0 Å². The quantitative estimate of drug-likeness (QED) is 0.851. The Morgan fingerprint density at radius 1 is 1.15 bits per heavy atom. The molecule has 2 bridgehead atoms. The van der Waals surface area contributed by atoms with Crippen LogP contribution in [0.1, 0.15) is 19.3 Å². The largest absolute Gasteiger partial charge is 0.354 e. The van der Waals surface area contributed by atoms with Crippen molar-refractivity contribution >= 4 is 22.6 Å². The molecular formula is C15H16N4O. The van der Waals surface area contributed by atoms with E-state index in [9.17, 15) is 4.79 Å². The minimum absolute atomic E-state index is 0.153. The Balaban J connectivity index is 1.84. The molecule has 0 spiro atoms. The molecule has 0 aliphatic carbocycles. The Hall–Kier alpha value is -2.17. The Morgan fingerprint density at radius 2 is 2.05 bits per heavy atom. The summed E-state index contributed by atoms with van der Waals surface area (Å²) in [7, 11) is 0. The summed E-state index contributed by atoms with van der Waals surface area (Å²) in [6.07, 6.45) is 6.35. The first-order chi connectivity index (χ1) is 9.83. The van der Waals surface area contributed by atoms with Gasteiger partial charge in [0.2, 0.25) is 5.91 Å². The molecule has 0 radical (unpaired) electrons. The van der Waals surface area contributed by atoms with Crippen LogP contribution in [-0.2, 0) is 4.79 Å². The van der Waals surface area contributed by atoms with Gasteiger partial charge in [0.1, 0.15) is 5.82 Å². The van der Waals surface area contributed by atoms with Gasteiger partial charge < -0.3 is 10.2 Å². The van der Waals surface area contributed by atoms with Crippen molar-refractivity contribution < 1.29 is 4.79 Å². The number of fused-ring (bicyclic) bond motifs is 3. The van der Waals surface area contributed by atoms with Gasteiger partial charge in [-0.3, -0.25) is 9.78 Å². The highest BCUT2D eigenvalue weighted by Crippen LogP contribution is 2.35. The number of hydrogen-bond acceptors (Lipinski definition) is 4. The standard InChI is InChI=1S/C15H16N4O/c20-14-8-10-3-4-11(9-18-14)19(10)15-12-2-1-6-16-13(12)5-7-17-15/h1-2,5-7,10-11H,3-4,8-9H2,(H,18,20)/t10-,11+/m0/s1. The average Bonchev–Trinajstić information content (AvgIpc) is 2.78. The number of nitrogens with zero attached hydrogens (tertiary/aromatic N) is 3. The van der Waals surface area contributed by atoms with Gasteiger partial charge in [0.05, 0.1) is 5.52 Å². The molecule has 20 heavy (non-hydrogen) atoms. The van der Waals surface area contributed by atoms with Crippen molar-refractivity contribution in [3.63, 3.8) is 0 Å². The molecule has 2 aliphatic rings. The summed E-state index contributed by atoms with van der Waals surface area (Å²) in [5.41, 5.74) is 0.959. The molecule has 5 heteroatoms. The second kappa shape index (κ2) is 4.44. The van der Waals surface area contributed by atoms with Crippen molar-refractivity contribution in [3.05, 3.63) is 30.6 Å². The third-order valence-electron chi connectivity index (χ3n) is 4.33. The number of carbonyl (C=O) groups is 1. The van der Waals surface area contributed by atoms with Gasteiger partial charge in [-0.2, -0.15) is 0 Å². The molecule has 1 amide bonds. The predicted molar refractivity (Wildman–Crippen MR) is 76.5 cm³/mol. The Labute approximate surface area is 117 Å². The van der Waals surface area contributed by atoms with Crippen LogP contribution in [0.4, 0.5) is 5.82 Å². The highest BCUT2D eigenvalue weighted by atomic mass is 16.1. The van der Waals surface area contributed by atoms with E-state index in [1.165, 1.54) is 0 Å². The third-order valence-corrected chi connectivity index (χ3v) is 4.33. The van der Waals surface area contributed by atoms with Crippen LogP contribution in [0.3, 0.4) is 0 Å². The highest BCUT2D eigenvalue weighted by molar-refractivity contribution is 5.90. The molecule has 0 aromatic carbocycles. The summed E-state index contributed by atoms with van der Waals surface area (Å²) in [6, 6.07) is 6.55. The first kappa shape index (κ1) is 11.6. The molecule has 4 heterocycles. The van der Waals surface area contributed by atoms with Crippen LogP contribution in [0, 0.1) is 0 Å². The lowest BCUT2D eigenvalue weighted by Crippen LogP contribution is -2.38. The van der Waals surface area contributed by atoms with E-state index in [-0.39, 0.29) is 11.9 Å². The molecule has 1 N–H and O–H groups in total. The molecule has 2 saturated heterocycles. The van der Waals surface area contributed by atoms with Gasteiger partial charge in [-0.1, -0.05) is 0 Å². The normalized spacial score (nSPS) is 25.6. The fourth-order valence-corrected chi connectivity index (χ4v) is 3.42. The van der Waals surface area contributed by atoms with Gasteiger partial charge in [-0.25, -0.2) is 4.98 Å². The van der Waals surface area contributed by atoms with Crippen molar-refractivity contribution in [3.8, 4) is 0 Å². The number of amides is 1. The van der Waals surface area contributed by atoms with E-state index < -0.39 is 0 Å². The summed E-state index contributed by atoms with van der Waals surface area (Å²) in [4.78, 5) is 23.1. The first-order valence-corrected chi connectivity index (χ1v) is 7.08. The minimum atomic E-state index is 0.153. The second-order valence-corrected chi connectivity index (χ2v) is 5.51. The monoisotopic (exact) mass is 268 g/mol. The zero-order chi connectivity index (χ0) is 13.5.